The Morgan fingerprint density at radius 3 is 2.81 bits per heavy atom. The predicted octanol–water partition coefficient (Wildman–Crippen LogP) is 1.87. The van der Waals surface area contributed by atoms with Crippen molar-refractivity contribution in [1.29, 1.82) is 0 Å². The molecule has 0 heterocycles. The van der Waals surface area contributed by atoms with Crippen LogP contribution in [0.5, 0.6) is 0 Å². The number of nitrogen functional groups attached to an aromatic ring is 1. The van der Waals surface area contributed by atoms with E-state index >= 15 is 0 Å². The fourth-order valence-corrected chi connectivity index (χ4v) is 3.86. The van der Waals surface area contributed by atoms with Gasteiger partial charge in [0.2, 0.25) is 10.0 Å². The fourth-order valence-electron chi connectivity index (χ4n) is 1.48. The summed E-state index contributed by atoms with van der Waals surface area (Å²) in [5.74, 6) is 0.513. The average Bonchev–Trinajstić information content (AvgIpc) is 2.45. The minimum absolute atomic E-state index is 0.0542. The molecule has 0 atom stereocenters. The molecular weight excluding hydrogens is 308 g/mol. The van der Waals surface area contributed by atoms with Gasteiger partial charge in [-0.1, -0.05) is 18.2 Å². The Hall–Kier alpha value is -1.02. The Morgan fingerprint density at radius 1 is 1.33 bits per heavy atom. The molecule has 0 amide bonds. The second-order valence-electron chi connectivity index (χ2n) is 4.29. The molecule has 21 heavy (non-hydrogen) atoms. The van der Waals surface area contributed by atoms with Gasteiger partial charge in [-0.15, -0.1) is 18.3 Å². The number of hydrogen-bond donors (Lipinski definition) is 2. The lowest BCUT2D eigenvalue weighted by Gasteiger charge is -2.08. The van der Waals surface area contributed by atoms with Gasteiger partial charge in [-0.2, -0.15) is 0 Å². The predicted molar refractivity (Wildman–Crippen MR) is 89.0 cm³/mol. The molecule has 5 nitrogen and oxygen atoms in total. The highest BCUT2D eigenvalue weighted by Crippen LogP contribution is 2.24. The summed E-state index contributed by atoms with van der Waals surface area (Å²) in [7, 11) is -3.27. The number of hydrogen-bond acceptors (Lipinski definition) is 5. The largest absolute Gasteiger partial charge is 0.398 e. The number of anilines is 1. The zero-order valence-electron chi connectivity index (χ0n) is 12.0. The quantitative estimate of drug-likeness (QED) is 0.280. The van der Waals surface area contributed by atoms with Gasteiger partial charge in [-0.25, -0.2) is 13.1 Å². The van der Waals surface area contributed by atoms with Crippen LogP contribution in [0.1, 0.15) is 6.42 Å². The summed E-state index contributed by atoms with van der Waals surface area (Å²) in [6.07, 6.45) is 2.53. The molecule has 0 saturated carbocycles. The summed E-state index contributed by atoms with van der Waals surface area (Å²) < 4.78 is 31.3. The Bertz CT molecular complexity index is 533. The molecular formula is C14H22N2O3S2. The Balaban J connectivity index is 2.21. The van der Waals surface area contributed by atoms with Crippen LogP contribution >= 0.6 is 11.8 Å². The van der Waals surface area contributed by atoms with Gasteiger partial charge < -0.3 is 10.5 Å². The van der Waals surface area contributed by atoms with Crippen LogP contribution in [0, 0.1) is 0 Å². The topological polar surface area (TPSA) is 81.4 Å². The normalized spacial score (nSPS) is 11.4. The van der Waals surface area contributed by atoms with E-state index in [1.807, 2.05) is 18.2 Å². The summed E-state index contributed by atoms with van der Waals surface area (Å²) >= 11 is 1.44. The number of nitrogens with two attached hydrogens (primary N) is 1. The second-order valence-corrected chi connectivity index (χ2v) is 7.35. The van der Waals surface area contributed by atoms with E-state index in [9.17, 15) is 8.42 Å². The maximum atomic E-state index is 11.8. The fraction of sp³-hybridized carbons (Fsp3) is 0.429. The van der Waals surface area contributed by atoms with Crippen LogP contribution in [0.15, 0.2) is 41.8 Å². The Kier molecular flexibility index (Phi) is 8.44. The van der Waals surface area contributed by atoms with E-state index in [-0.39, 0.29) is 12.3 Å². The van der Waals surface area contributed by atoms with E-state index in [0.717, 1.165) is 11.3 Å². The summed E-state index contributed by atoms with van der Waals surface area (Å²) in [5.41, 5.74) is 6.47. The average molecular weight is 330 g/mol. The van der Waals surface area contributed by atoms with Gasteiger partial charge in [0.05, 0.1) is 19.0 Å². The summed E-state index contributed by atoms with van der Waals surface area (Å²) in [6, 6.07) is 7.42. The SMILES string of the molecule is C=CCCOCCNS(=O)(=O)CCSc1ccccc1N. The lowest BCUT2D eigenvalue weighted by Crippen LogP contribution is -2.30. The first kappa shape index (κ1) is 18.0. The molecule has 1 aromatic rings. The van der Waals surface area contributed by atoms with E-state index in [2.05, 4.69) is 11.3 Å². The first-order chi connectivity index (χ1) is 10.0. The van der Waals surface area contributed by atoms with Gasteiger partial charge in [-0.05, 0) is 18.6 Å². The Morgan fingerprint density at radius 2 is 2.10 bits per heavy atom. The highest BCUT2D eigenvalue weighted by atomic mass is 32.2. The molecule has 0 aromatic heterocycles. The number of nitrogens with one attached hydrogen (secondary N) is 1. The summed E-state index contributed by atoms with van der Waals surface area (Å²) in [6.45, 7) is 4.80. The first-order valence-corrected chi connectivity index (χ1v) is 9.32. The maximum absolute atomic E-state index is 11.8. The first-order valence-electron chi connectivity index (χ1n) is 6.68. The minimum Gasteiger partial charge on any atom is -0.398 e. The molecule has 7 heteroatoms. The third-order valence-electron chi connectivity index (χ3n) is 2.56. The van der Waals surface area contributed by atoms with Crippen LogP contribution in [-0.2, 0) is 14.8 Å². The minimum atomic E-state index is -3.27. The molecule has 3 N–H and O–H groups in total. The number of benzene rings is 1. The van der Waals surface area contributed by atoms with Crippen LogP contribution in [-0.4, -0.2) is 39.7 Å². The number of rotatable bonds is 11. The molecule has 0 bridgehead atoms. The number of sulfonamides is 1. The third kappa shape index (κ3) is 8.11. The van der Waals surface area contributed by atoms with Crippen LogP contribution in [0.4, 0.5) is 5.69 Å². The highest BCUT2D eigenvalue weighted by Gasteiger charge is 2.10. The van der Waals surface area contributed by atoms with Crippen molar-refractivity contribution < 1.29 is 13.2 Å². The van der Waals surface area contributed by atoms with Crippen LogP contribution in [0.25, 0.3) is 0 Å². The number of ether oxygens (including phenoxy) is 1. The van der Waals surface area contributed by atoms with Crippen LogP contribution in [0.3, 0.4) is 0 Å². The van der Waals surface area contributed by atoms with E-state index < -0.39 is 10.0 Å². The molecule has 0 spiro atoms. The van der Waals surface area contributed by atoms with Crippen molar-refractivity contribution in [2.24, 2.45) is 0 Å². The maximum Gasteiger partial charge on any atom is 0.212 e. The van der Waals surface area contributed by atoms with Gasteiger partial charge in [0, 0.05) is 22.9 Å². The van der Waals surface area contributed by atoms with Gasteiger partial charge in [0.15, 0.2) is 0 Å². The lowest BCUT2D eigenvalue weighted by molar-refractivity contribution is 0.144. The standard InChI is InChI=1S/C14H22N2O3S2/c1-2-3-9-19-10-8-16-21(17,18)12-11-20-14-7-5-4-6-13(14)15/h2,4-7,16H,1,3,8-12,15H2. The van der Waals surface area contributed by atoms with E-state index in [0.29, 0.717) is 24.7 Å². The molecule has 0 radical (unpaired) electrons. The monoisotopic (exact) mass is 330 g/mol. The Labute approximate surface area is 131 Å². The molecule has 0 saturated heterocycles. The highest BCUT2D eigenvalue weighted by molar-refractivity contribution is 8.00. The van der Waals surface area contributed by atoms with Gasteiger partial charge in [0.1, 0.15) is 0 Å². The number of thioether (sulfide) groups is 1. The molecule has 1 rings (SSSR count). The van der Waals surface area contributed by atoms with Crippen molar-refractivity contribution in [1.82, 2.24) is 4.72 Å². The lowest BCUT2D eigenvalue weighted by atomic mass is 10.3. The van der Waals surface area contributed by atoms with Crippen LogP contribution in [0.2, 0.25) is 0 Å². The van der Waals surface area contributed by atoms with Crippen molar-refractivity contribution in [3.63, 3.8) is 0 Å². The summed E-state index contributed by atoms with van der Waals surface area (Å²) in [4.78, 5) is 0.903. The molecule has 0 aliphatic carbocycles. The van der Waals surface area contributed by atoms with E-state index in [1.165, 1.54) is 11.8 Å². The third-order valence-corrected chi connectivity index (χ3v) is 5.30. The zero-order valence-corrected chi connectivity index (χ0v) is 13.6. The molecule has 0 aliphatic heterocycles. The van der Waals surface area contributed by atoms with Gasteiger partial charge in [0.25, 0.3) is 0 Å². The van der Waals surface area contributed by atoms with Gasteiger partial charge >= 0.3 is 0 Å². The molecule has 118 valence electrons. The molecule has 0 unspecified atom stereocenters. The summed E-state index contributed by atoms with van der Waals surface area (Å²) in [5, 5.41) is 0. The van der Waals surface area contributed by atoms with Crippen molar-refractivity contribution in [3.8, 4) is 0 Å². The van der Waals surface area contributed by atoms with E-state index in [1.54, 1.807) is 12.1 Å². The van der Waals surface area contributed by atoms with Crippen molar-refractivity contribution in [2.75, 3.05) is 37.0 Å². The molecule has 1 aromatic carbocycles. The van der Waals surface area contributed by atoms with Crippen molar-refractivity contribution in [2.45, 2.75) is 11.3 Å². The second kappa shape index (κ2) is 9.83. The van der Waals surface area contributed by atoms with E-state index in [4.69, 9.17) is 10.5 Å². The molecule has 0 aliphatic rings. The number of para-hydroxylation sites is 1. The smallest absolute Gasteiger partial charge is 0.212 e. The van der Waals surface area contributed by atoms with Crippen molar-refractivity contribution in [3.05, 3.63) is 36.9 Å². The zero-order chi connectivity index (χ0) is 15.6. The van der Waals surface area contributed by atoms with Crippen LogP contribution < -0.4 is 10.5 Å². The van der Waals surface area contributed by atoms with Crippen molar-refractivity contribution >= 4 is 27.5 Å². The molecule has 0 fully saturated rings. The van der Waals surface area contributed by atoms with Gasteiger partial charge in [-0.3, -0.25) is 0 Å².